The van der Waals surface area contributed by atoms with E-state index in [1.165, 1.54) is 22.4 Å². The van der Waals surface area contributed by atoms with Gasteiger partial charge in [0.2, 0.25) is 5.69 Å². The van der Waals surface area contributed by atoms with E-state index in [-0.39, 0.29) is 5.54 Å². The van der Waals surface area contributed by atoms with E-state index in [1.807, 2.05) is 0 Å². The van der Waals surface area contributed by atoms with E-state index in [0.717, 1.165) is 10.7 Å². The molecule has 0 saturated heterocycles. The minimum atomic E-state index is -0.164. The molecule has 126 valence electrons. The molecule has 1 aliphatic rings. The van der Waals surface area contributed by atoms with E-state index in [4.69, 9.17) is 11.6 Å². The van der Waals surface area contributed by atoms with Crippen LogP contribution >= 0.6 is 11.6 Å². The zero-order chi connectivity index (χ0) is 17.6. The summed E-state index contributed by atoms with van der Waals surface area (Å²) in [6.45, 7) is 13.6. The second-order valence-electron chi connectivity index (χ2n) is 7.83. The minimum Gasteiger partial charge on any atom is -0.172 e. The Morgan fingerprint density at radius 3 is 1.88 bits per heavy atom. The maximum atomic E-state index is 6.92. The molecule has 0 bridgehead atoms. The van der Waals surface area contributed by atoms with Crippen molar-refractivity contribution in [1.29, 1.82) is 0 Å². The topological polar surface area (TPSA) is 3.01 Å². The van der Waals surface area contributed by atoms with E-state index in [2.05, 4.69) is 88.6 Å². The third-order valence-corrected chi connectivity index (χ3v) is 5.50. The number of nitrogens with zero attached hydrogens (tertiary/aromatic N) is 1. The first-order valence-corrected chi connectivity index (χ1v) is 9.20. The maximum absolute atomic E-state index is 6.92. The van der Waals surface area contributed by atoms with E-state index in [9.17, 15) is 0 Å². The standard InChI is InChI=1S/C22H27ClN/c1-14(2)16-11-9-12-17(15(3)4)20(16)24-21(23)18-10-7-8-13-19(18)22(24,5)6/h7-15H,1-6H3/q+1. The average Bonchev–Trinajstić information content (AvgIpc) is 2.73. The molecule has 0 N–H and O–H groups in total. The largest absolute Gasteiger partial charge is 0.284 e. The van der Waals surface area contributed by atoms with Crippen LogP contribution in [0, 0.1) is 0 Å². The summed E-state index contributed by atoms with van der Waals surface area (Å²) < 4.78 is 2.35. The molecule has 0 atom stereocenters. The number of benzene rings is 2. The summed E-state index contributed by atoms with van der Waals surface area (Å²) in [4.78, 5) is 0. The minimum absolute atomic E-state index is 0.164. The van der Waals surface area contributed by atoms with Gasteiger partial charge >= 0.3 is 0 Å². The number of hydrogen-bond acceptors (Lipinski definition) is 0. The molecule has 2 heteroatoms. The van der Waals surface area contributed by atoms with Crippen LogP contribution < -0.4 is 0 Å². The summed E-state index contributed by atoms with van der Waals surface area (Å²) in [5.41, 5.74) is 6.29. The Labute approximate surface area is 151 Å². The van der Waals surface area contributed by atoms with Crippen molar-refractivity contribution in [3.05, 3.63) is 64.7 Å². The van der Waals surface area contributed by atoms with E-state index >= 15 is 0 Å². The SMILES string of the molecule is CC(C)c1cccc(C(C)C)c1[N+]1=C(Cl)c2ccccc2C1(C)C. The van der Waals surface area contributed by atoms with Crippen molar-refractivity contribution in [1.82, 2.24) is 0 Å². The average molecular weight is 341 g/mol. The van der Waals surface area contributed by atoms with Crippen molar-refractivity contribution in [2.45, 2.75) is 58.9 Å². The third kappa shape index (κ3) is 2.50. The highest BCUT2D eigenvalue weighted by Crippen LogP contribution is 2.45. The molecule has 0 aliphatic carbocycles. The zero-order valence-corrected chi connectivity index (χ0v) is 16.3. The smallest absolute Gasteiger partial charge is 0.172 e. The van der Waals surface area contributed by atoms with Crippen LogP contribution in [0.25, 0.3) is 0 Å². The molecule has 0 radical (unpaired) electrons. The Balaban J connectivity index is 2.37. The Morgan fingerprint density at radius 1 is 0.833 bits per heavy atom. The van der Waals surface area contributed by atoms with Gasteiger partial charge in [-0.05, 0) is 29.5 Å². The molecular weight excluding hydrogens is 314 g/mol. The van der Waals surface area contributed by atoms with Crippen molar-refractivity contribution in [2.75, 3.05) is 0 Å². The van der Waals surface area contributed by atoms with Crippen LogP contribution in [0.2, 0.25) is 0 Å². The van der Waals surface area contributed by atoms with Crippen LogP contribution in [0.15, 0.2) is 42.5 Å². The van der Waals surface area contributed by atoms with Gasteiger partial charge in [-0.1, -0.05) is 64.1 Å². The summed E-state index contributed by atoms with van der Waals surface area (Å²) in [6.07, 6.45) is 0. The Morgan fingerprint density at radius 2 is 1.38 bits per heavy atom. The molecule has 1 nitrogen and oxygen atoms in total. The normalized spacial score (nSPS) is 16.2. The van der Waals surface area contributed by atoms with Gasteiger partial charge in [-0.2, -0.15) is 4.58 Å². The van der Waals surface area contributed by atoms with Crippen molar-refractivity contribution < 1.29 is 4.58 Å². The summed E-state index contributed by atoms with van der Waals surface area (Å²) in [5.74, 6) is 0.894. The van der Waals surface area contributed by atoms with Crippen molar-refractivity contribution in [3.8, 4) is 0 Å². The summed E-state index contributed by atoms with van der Waals surface area (Å²) in [5, 5.41) is 0.839. The molecular formula is C22H27ClN+. The predicted octanol–water partition coefficient (Wildman–Crippen LogP) is 6.51. The van der Waals surface area contributed by atoms with Crippen LogP contribution in [0.3, 0.4) is 0 Å². The lowest BCUT2D eigenvalue weighted by atomic mass is 9.88. The van der Waals surface area contributed by atoms with Crippen molar-refractivity contribution >= 4 is 22.5 Å². The van der Waals surface area contributed by atoms with Gasteiger partial charge < -0.3 is 0 Å². The monoisotopic (exact) mass is 340 g/mol. The lowest BCUT2D eigenvalue weighted by molar-refractivity contribution is -0.527. The number of rotatable bonds is 3. The Bertz CT molecular complexity index is 786. The summed E-state index contributed by atoms with van der Waals surface area (Å²) >= 11 is 6.92. The van der Waals surface area contributed by atoms with Gasteiger partial charge in [-0.3, -0.25) is 0 Å². The molecule has 3 rings (SSSR count). The quantitative estimate of drug-likeness (QED) is 0.560. The predicted molar refractivity (Wildman–Crippen MR) is 104 cm³/mol. The third-order valence-electron chi connectivity index (χ3n) is 5.13. The second-order valence-corrected chi connectivity index (χ2v) is 8.18. The van der Waals surface area contributed by atoms with Gasteiger partial charge in [0.15, 0.2) is 5.54 Å². The van der Waals surface area contributed by atoms with Crippen LogP contribution in [0.5, 0.6) is 0 Å². The number of halogens is 1. The van der Waals surface area contributed by atoms with Crippen molar-refractivity contribution in [2.24, 2.45) is 0 Å². The van der Waals surface area contributed by atoms with Crippen LogP contribution in [-0.4, -0.2) is 9.75 Å². The van der Waals surface area contributed by atoms with Gasteiger partial charge in [-0.15, -0.1) is 0 Å². The van der Waals surface area contributed by atoms with Gasteiger partial charge in [0, 0.05) is 30.5 Å². The fourth-order valence-corrected chi connectivity index (χ4v) is 4.29. The van der Waals surface area contributed by atoms with Crippen molar-refractivity contribution in [3.63, 3.8) is 0 Å². The summed E-state index contributed by atoms with van der Waals surface area (Å²) in [7, 11) is 0. The second kappa shape index (κ2) is 6.04. The fraction of sp³-hybridized carbons (Fsp3) is 0.409. The van der Waals surface area contributed by atoms with Gasteiger partial charge in [0.05, 0.1) is 5.56 Å². The molecule has 2 aromatic rings. The van der Waals surface area contributed by atoms with E-state index in [1.54, 1.807) is 0 Å². The molecule has 0 spiro atoms. The van der Waals surface area contributed by atoms with Gasteiger partial charge in [0.25, 0.3) is 5.17 Å². The van der Waals surface area contributed by atoms with Gasteiger partial charge in [0.1, 0.15) is 0 Å². The Hall–Kier alpha value is -1.60. The Kier molecular flexibility index (Phi) is 4.34. The van der Waals surface area contributed by atoms with E-state index < -0.39 is 0 Å². The van der Waals surface area contributed by atoms with Crippen LogP contribution in [-0.2, 0) is 5.54 Å². The van der Waals surface area contributed by atoms with E-state index in [0.29, 0.717) is 11.8 Å². The highest BCUT2D eigenvalue weighted by Gasteiger charge is 2.47. The molecule has 1 aliphatic heterocycles. The fourth-order valence-electron chi connectivity index (χ4n) is 3.83. The lowest BCUT2D eigenvalue weighted by Gasteiger charge is -2.24. The zero-order valence-electron chi connectivity index (χ0n) is 15.5. The van der Waals surface area contributed by atoms with Crippen LogP contribution in [0.4, 0.5) is 5.69 Å². The molecule has 0 aromatic heterocycles. The first-order chi connectivity index (χ1) is 11.3. The first-order valence-electron chi connectivity index (χ1n) is 8.82. The number of fused-ring (bicyclic) bond motifs is 1. The summed E-state index contributed by atoms with van der Waals surface area (Å²) in [6, 6.07) is 15.2. The van der Waals surface area contributed by atoms with Gasteiger partial charge in [-0.25, -0.2) is 0 Å². The molecule has 0 amide bonds. The molecule has 24 heavy (non-hydrogen) atoms. The molecule has 2 aromatic carbocycles. The molecule has 0 fully saturated rings. The molecule has 0 saturated carbocycles. The highest BCUT2D eigenvalue weighted by molar-refractivity contribution is 6.68. The number of hydrogen-bond donors (Lipinski definition) is 0. The maximum Gasteiger partial charge on any atom is 0.284 e. The number of para-hydroxylation sites is 1. The molecule has 1 heterocycles. The lowest BCUT2D eigenvalue weighted by Crippen LogP contribution is -2.29. The molecule has 0 unspecified atom stereocenters. The van der Waals surface area contributed by atoms with Crippen LogP contribution in [0.1, 0.15) is 75.6 Å². The highest BCUT2D eigenvalue weighted by atomic mass is 35.5. The first kappa shape index (κ1) is 17.2.